The molecule has 0 radical (unpaired) electrons. The lowest BCUT2D eigenvalue weighted by Gasteiger charge is -2.24. The Bertz CT molecular complexity index is 354. The summed E-state index contributed by atoms with van der Waals surface area (Å²) < 4.78 is 2.14. The van der Waals surface area contributed by atoms with E-state index >= 15 is 0 Å². The molecule has 0 aliphatic heterocycles. The number of aromatic nitrogens is 2. The summed E-state index contributed by atoms with van der Waals surface area (Å²) in [4.78, 5) is 4.66. The number of nitrogens with zero attached hydrogens (tertiary/aromatic N) is 2. The first kappa shape index (κ1) is 13.1. The molecule has 1 rings (SSSR count). The molecule has 92 valence electrons. The van der Waals surface area contributed by atoms with E-state index < -0.39 is 0 Å². The van der Waals surface area contributed by atoms with Gasteiger partial charge in [0.25, 0.3) is 0 Å². The van der Waals surface area contributed by atoms with Crippen molar-refractivity contribution in [2.45, 2.75) is 65.8 Å². The first-order chi connectivity index (χ1) is 7.32. The van der Waals surface area contributed by atoms with Crippen molar-refractivity contribution in [1.82, 2.24) is 9.55 Å². The molecule has 0 aliphatic carbocycles. The van der Waals surface area contributed by atoms with E-state index in [2.05, 4.69) is 44.2 Å². The number of hydrogen-bond acceptors (Lipinski definition) is 2. The average molecular weight is 223 g/mol. The van der Waals surface area contributed by atoms with E-state index in [0.29, 0.717) is 5.92 Å². The van der Waals surface area contributed by atoms with E-state index in [-0.39, 0.29) is 5.54 Å². The average Bonchev–Trinajstić information content (AvgIpc) is 2.43. The molecular formula is C13H25N3. The third-order valence-electron chi connectivity index (χ3n) is 3.15. The van der Waals surface area contributed by atoms with Crippen LogP contribution in [0.5, 0.6) is 0 Å². The van der Waals surface area contributed by atoms with Gasteiger partial charge >= 0.3 is 0 Å². The van der Waals surface area contributed by atoms with Crippen LogP contribution in [0.25, 0.3) is 0 Å². The summed E-state index contributed by atoms with van der Waals surface area (Å²) in [6.07, 6.45) is 2.20. The zero-order chi connectivity index (χ0) is 12.5. The van der Waals surface area contributed by atoms with Crippen LogP contribution in [0.1, 0.15) is 64.9 Å². The third-order valence-corrected chi connectivity index (χ3v) is 3.15. The molecule has 0 atom stereocenters. The number of aryl methyl sites for hydroxylation is 1. The minimum Gasteiger partial charge on any atom is -0.384 e. The molecule has 0 unspecified atom stereocenters. The van der Waals surface area contributed by atoms with Crippen molar-refractivity contribution in [3.8, 4) is 0 Å². The molecule has 2 N–H and O–H groups in total. The second kappa shape index (κ2) is 4.48. The summed E-state index contributed by atoms with van der Waals surface area (Å²) in [5.74, 6) is 2.35. The standard InChI is InChI=1S/C13H25N3/c1-7-10(8-2)11-12(14)16(9(3)15-11)13(4,5)6/h10H,7-8,14H2,1-6H3. The highest BCUT2D eigenvalue weighted by atomic mass is 15.2. The van der Waals surface area contributed by atoms with Crippen molar-refractivity contribution in [2.24, 2.45) is 0 Å². The minimum absolute atomic E-state index is 0.00541. The van der Waals surface area contributed by atoms with Gasteiger partial charge in [0.1, 0.15) is 11.6 Å². The quantitative estimate of drug-likeness (QED) is 0.853. The molecule has 1 aromatic rings. The number of hydrogen-bond donors (Lipinski definition) is 1. The molecule has 3 heteroatoms. The van der Waals surface area contributed by atoms with E-state index in [1.165, 1.54) is 0 Å². The summed E-state index contributed by atoms with van der Waals surface area (Å²) in [7, 11) is 0. The summed E-state index contributed by atoms with van der Waals surface area (Å²) in [6.45, 7) is 12.9. The Labute approximate surface area is 99.1 Å². The van der Waals surface area contributed by atoms with Crippen LogP contribution in [-0.2, 0) is 5.54 Å². The Hall–Kier alpha value is -0.990. The first-order valence-corrected chi connectivity index (χ1v) is 6.18. The van der Waals surface area contributed by atoms with E-state index in [1.807, 2.05) is 6.92 Å². The topological polar surface area (TPSA) is 43.8 Å². The van der Waals surface area contributed by atoms with Crippen LogP contribution >= 0.6 is 0 Å². The smallest absolute Gasteiger partial charge is 0.127 e. The van der Waals surface area contributed by atoms with Gasteiger partial charge in [-0.25, -0.2) is 4.98 Å². The van der Waals surface area contributed by atoms with Crippen molar-refractivity contribution in [3.05, 3.63) is 11.5 Å². The molecule has 16 heavy (non-hydrogen) atoms. The Balaban J connectivity index is 3.26. The number of rotatable bonds is 3. The predicted molar refractivity (Wildman–Crippen MR) is 69.7 cm³/mol. The molecular weight excluding hydrogens is 198 g/mol. The second-order valence-corrected chi connectivity index (χ2v) is 5.45. The highest BCUT2D eigenvalue weighted by Gasteiger charge is 2.24. The molecule has 0 spiro atoms. The van der Waals surface area contributed by atoms with E-state index in [9.17, 15) is 0 Å². The van der Waals surface area contributed by atoms with Gasteiger partial charge in [-0.05, 0) is 40.5 Å². The van der Waals surface area contributed by atoms with Crippen molar-refractivity contribution in [3.63, 3.8) is 0 Å². The fourth-order valence-electron chi connectivity index (χ4n) is 2.39. The fraction of sp³-hybridized carbons (Fsp3) is 0.769. The molecule has 0 aromatic carbocycles. The van der Waals surface area contributed by atoms with Gasteiger partial charge in [0, 0.05) is 11.5 Å². The molecule has 0 fully saturated rings. The molecule has 0 amide bonds. The summed E-state index contributed by atoms with van der Waals surface area (Å²) >= 11 is 0. The van der Waals surface area contributed by atoms with Gasteiger partial charge in [-0.3, -0.25) is 0 Å². The third kappa shape index (κ3) is 2.23. The van der Waals surface area contributed by atoms with Crippen LogP contribution in [0.3, 0.4) is 0 Å². The molecule has 0 bridgehead atoms. The molecule has 0 saturated heterocycles. The highest BCUT2D eigenvalue weighted by molar-refractivity contribution is 5.41. The zero-order valence-corrected chi connectivity index (χ0v) is 11.5. The normalized spacial score (nSPS) is 12.4. The van der Waals surface area contributed by atoms with Crippen molar-refractivity contribution < 1.29 is 0 Å². The van der Waals surface area contributed by atoms with Gasteiger partial charge in [0.15, 0.2) is 0 Å². The monoisotopic (exact) mass is 223 g/mol. The van der Waals surface area contributed by atoms with Crippen LogP contribution in [-0.4, -0.2) is 9.55 Å². The number of nitrogen functional groups attached to an aromatic ring is 1. The van der Waals surface area contributed by atoms with Gasteiger partial charge in [-0.15, -0.1) is 0 Å². The summed E-state index contributed by atoms with van der Waals surface area (Å²) in [5.41, 5.74) is 7.33. The molecule has 0 aliphatic rings. The Morgan fingerprint density at radius 1 is 1.25 bits per heavy atom. The van der Waals surface area contributed by atoms with Gasteiger partial charge in [-0.2, -0.15) is 0 Å². The van der Waals surface area contributed by atoms with Gasteiger partial charge < -0.3 is 10.3 Å². The SMILES string of the molecule is CCC(CC)c1nc(C)n(C(C)(C)C)c1N. The van der Waals surface area contributed by atoms with Gasteiger partial charge in [-0.1, -0.05) is 13.8 Å². The number of imidazole rings is 1. The van der Waals surface area contributed by atoms with E-state index in [4.69, 9.17) is 5.73 Å². The van der Waals surface area contributed by atoms with Crippen LogP contribution in [0.2, 0.25) is 0 Å². The maximum Gasteiger partial charge on any atom is 0.127 e. The van der Waals surface area contributed by atoms with Crippen LogP contribution in [0.15, 0.2) is 0 Å². The van der Waals surface area contributed by atoms with Crippen LogP contribution in [0.4, 0.5) is 5.82 Å². The number of anilines is 1. The summed E-state index contributed by atoms with van der Waals surface area (Å²) in [5, 5.41) is 0. The lowest BCUT2D eigenvalue weighted by Crippen LogP contribution is -2.24. The highest BCUT2D eigenvalue weighted by Crippen LogP contribution is 2.31. The largest absolute Gasteiger partial charge is 0.384 e. The van der Waals surface area contributed by atoms with E-state index in [1.54, 1.807) is 0 Å². The fourth-order valence-corrected chi connectivity index (χ4v) is 2.39. The maximum atomic E-state index is 6.24. The van der Waals surface area contributed by atoms with Crippen molar-refractivity contribution >= 4 is 5.82 Å². The van der Waals surface area contributed by atoms with Gasteiger partial charge in [0.05, 0.1) is 5.69 Å². The zero-order valence-electron chi connectivity index (χ0n) is 11.5. The van der Waals surface area contributed by atoms with Crippen LogP contribution in [0, 0.1) is 6.92 Å². The lowest BCUT2D eigenvalue weighted by molar-refractivity contribution is 0.393. The molecule has 3 nitrogen and oxygen atoms in total. The number of nitrogens with two attached hydrogens (primary N) is 1. The lowest BCUT2D eigenvalue weighted by atomic mass is 9.99. The van der Waals surface area contributed by atoms with Crippen molar-refractivity contribution in [2.75, 3.05) is 5.73 Å². The molecule has 1 aromatic heterocycles. The molecule has 0 saturated carbocycles. The maximum absolute atomic E-state index is 6.24. The predicted octanol–water partition coefficient (Wildman–Crippen LogP) is 3.43. The summed E-state index contributed by atoms with van der Waals surface area (Å²) in [6, 6.07) is 0. The van der Waals surface area contributed by atoms with E-state index in [0.717, 1.165) is 30.2 Å². The Morgan fingerprint density at radius 2 is 1.75 bits per heavy atom. The molecule has 1 heterocycles. The Morgan fingerprint density at radius 3 is 2.06 bits per heavy atom. The minimum atomic E-state index is 0.00541. The van der Waals surface area contributed by atoms with Crippen LogP contribution < -0.4 is 5.73 Å². The Kier molecular flexibility index (Phi) is 3.66. The first-order valence-electron chi connectivity index (χ1n) is 6.18. The second-order valence-electron chi connectivity index (χ2n) is 5.45. The van der Waals surface area contributed by atoms with Crippen molar-refractivity contribution in [1.29, 1.82) is 0 Å². The van der Waals surface area contributed by atoms with Gasteiger partial charge in [0.2, 0.25) is 0 Å².